The van der Waals surface area contributed by atoms with Crippen LogP contribution < -0.4 is 4.74 Å². The second kappa shape index (κ2) is 6.95. The van der Waals surface area contributed by atoms with Gasteiger partial charge in [0, 0.05) is 24.5 Å². The third-order valence-corrected chi connectivity index (χ3v) is 3.77. The Balaban J connectivity index is 1.86. The minimum absolute atomic E-state index is 0.126. The fourth-order valence-electron chi connectivity index (χ4n) is 2.41. The average Bonchev–Trinajstić information content (AvgIpc) is 2.84. The van der Waals surface area contributed by atoms with Crippen LogP contribution in [0.2, 0.25) is 5.02 Å². The molecule has 1 aliphatic heterocycles. The van der Waals surface area contributed by atoms with Crippen molar-refractivity contribution in [2.24, 2.45) is 0 Å². The summed E-state index contributed by atoms with van der Waals surface area (Å²) in [4.78, 5) is 13.4. The van der Waals surface area contributed by atoms with E-state index in [1.807, 2.05) is 18.2 Å². The van der Waals surface area contributed by atoms with Crippen LogP contribution >= 0.6 is 11.6 Å². The minimum atomic E-state index is -0.175. The number of nitrogens with zero attached hydrogens (tertiary/aromatic N) is 1. The maximum Gasteiger partial charge on any atom is 0.306 e. The summed E-state index contributed by atoms with van der Waals surface area (Å²) in [6.07, 6.45) is 1.40. The molecule has 1 unspecified atom stereocenters. The third-order valence-electron chi connectivity index (χ3n) is 3.53. The van der Waals surface area contributed by atoms with Crippen molar-refractivity contribution in [3.8, 4) is 5.75 Å². The van der Waals surface area contributed by atoms with Crippen LogP contribution in [-0.2, 0) is 16.0 Å². The number of esters is 1. The number of carbonyl (C=O) groups is 1. The van der Waals surface area contributed by atoms with Gasteiger partial charge in [-0.3, -0.25) is 9.69 Å². The number of hydrogen-bond donors (Lipinski definition) is 0. The number of ether oxygens (including phenoxy) is 2. The van der Waals surface area contributed by atoms with Gasteiger partial charge in [-0.2, -0.15) is 0 Å². The van der Waals surface area contributed by atoms with Crippen LogP contribution in [0.1, 0.15) is 18.9 Å². The lowest BCUT2D eigenvalue weighted by Crippen LogP contribution is -2.36. The lowest BCUT2D eigenvalue weighted by molar-refractivity contribution is -0.141. The maximum atomic E-state index is 11.2. The normalized spacial score (nSPS) is 16.9. The molecule has 0 aromatic heterocycles. The predicted octanol–water partition coefficient (Wildman–Crippen LogP) is 2.53. The first-order valence-corrected chi connectivity index (χ1v) is 7.24. The first kappa shape index (κ1) is 15.1. The summed E-state index contributed by atoms with van der Waals surface area (Å²) < 4.78 is 10.6. The summed E-state index contributed by atoms with van der Waals surface area (Å²) in [7, 11) is 1.42. The molecular weight excluding hydrogens is 278 g/mol. The molecule has 0 saturated carbocycles. The lowest BCUT2D eigenvalue weighted by Gasteiger charge is -2.23. The average molecular weight is 298 g/mol. The second-order valence-electron chi connectivity index (χ2n) is 4.92. The molecule has 1 aromatic rings. The summed E-state index contributed by atoms with van der Waals surface area (Å²) >= 11 is 5.99. The van der Waals surface area contributed by atoms with E-state index in [9.17, 15) is 4.79 Å². The van der Waals surface area contributed by atoms with Gasteiger partial charge in [0.05, 0.1) is 13.5 Å². The van der Waals surface area contributed by atoms with E-state index in [-0.39, 0.29) is 12.1 Å². The van der Waals surface area contributed by atoms with E-state index in [1.165, 1.54) is 7.11 Å². The van der Waals surface area contributed by atoms with E-state index in [2.05, 4.69) is 16.6 Å². The number of likely N-dealkylation sites (N-methyl/N-ethyl adjacent to an activating group) is 1. The molecule has 0 saturated heterocycles. The zero-order valence-corrected chi connectivity index (χ0v) is 12.7. The number of benzene rings is 1. The van der Waals surface area contributed by atoms with Crippen molar-refractivity contribution in [1.29, 1.82) is 0 Å². The minimum Gasteiger partial charge on any atom is -0.488 e. The van der Waals surface area contributed by atoms with Gasteiger partial charge in [0.2, 0.25) is 0 Å². The molecule has 0 N–H and O–H groups in total. The highest BCUT2D eigenvalue weighted by Gasteiger charge is 2.24. The Labute approximate surface area is 124 Å². The van der Waals surface area contributed by atoms with Crippen molar-refractivity contribution < 1.29 is 14.3 Å². The number of hydrogen-bond acceptors (Lipinski definition) is 4. The van der Waals surface area contributed by atoms with Crippen LogP contribution in [-0.4, -0.2) is 43.7 Å². The molecule has 4 nitrogen and oxygen atoms in total. The Morgan fingerprint density at radius 2 is 2.35 bits per heavy atom. The maximum absolute atomic E-state index is 11.2. The molecule has 20 heavy (non-hydrogen) atoms. The zero-order valence-electron chi connectivity index (χ0n) is 11.9. The van der Waals surface area contributed by atoms with E-state index >= 15 is 0 Å². The largest absolute Gasteiger partial charge is 0.488 e. The molecule has 1 heterocycles. The molecule has 0 amide bonds. The van der Waals surface area contributed by atoms with E-state index in [0.29, 0.717) is 13.0 Å². The van der Waals surface area contributed by atoms with Gasteiger partial charge < -0.3 is 9.47 Å². The van der Waals surface area contributed by atoms with Gasteiger partial charge in [-0.05, 0) is 30.3 Å². The highest BCUT2D eigenvalue weighted by molar-refractivity contribution is 6.30. The van der Waals surface area contributed by atoms with Gasteiger partial charge in [0.25, 0.3) is 0 Å². The van der Waals surface area contributed by atoms with Gasteiger partial charge in [0.1, 0.15) is 11.9 Å². The summed E-state index contributed by atoms with van der Waals surface area (Å²) in [6.45, 7) is 4.46. The Morgan fingerprint density at radius 3 is 3.05 bits per heavy atom. The number of methoxy groups -OCH3 is 1. The number of halogens is 1. The third kappa shape index (κ3) is 3.87. The first-order valence-electron chi connectivity index (χ1n) is 6.86. The van der Waals surface area contributed by atoms with Gasteiger partial charge in [-0.15, -0.1) is 0 Å². The number of rotatable bonds is 6. The second-order valence-corrected chi connectivity index (χ2v) is 5.35. The molecule has 0 spiro atoms. The van der Waals surface area contributed by atoms with E-state index in [4.69, 9.17) is 16.3 Å². The molecule has 0 aliphatic carbocycles. The van der Waals surface area contributed by atoms with Gasteiger partial charge in [0.15, 0.2) is 0 Å². The fourth-order valence-corrected chi connectivity index (χ4v) is 2.60. The van der Waals surface area contributed by atoms with E-state index < -0.39 is 0 Å². The Morgan fingerprint density at radius 1 is 1.55 bits per heavy atom. The summed E-state index contributed by atoms with van der Waals surface area (Å²) in [5.74, 6) is 0.745. The zero-order chi connectivity index (χ0) is 14.5. The van der Waals surface area contributed by atoms with Crippen molar-refractivity contribution in [2.45, 2.75) is 25.9 Å². The van der Waals surface area contributed by atoms with Crippen molar-refractivity contribution in [1.82, 2.24) is 4.90 Å². The van der Waals surface area contributed by atoms with Crippen molar-refractivity contribution in [3.05, 3.63) is 28.8 Å². The van der Waals surface area contributed by atoms with Crippen LogP contribution in [0.25, 0.3) is 0 Å². The van der Waals surface area contributed by atoms with Crippen molar-refractivity contribution in [3.63, 3.8) is 0 Å². The van der Waals surface area contributed by atoms with E-state index in [1.54, 1.807) is 0 Å². The van der Waals surface area contributed by atoms with Gasteiger partial charge >= 0.3 is 5.97 Å². The quantitative estimate of drug-likeness (QED) is 0.756. The topological polar surface area (TPSA) is 38.8 Å². The predicted molar refractivity (Wildman–Crippen MR) is 78.3 cm³/mol. The lowest BCUT2D eigenvalue weighted by atomic mass is 10.1. The fraction of sp³-hybridized carbons (Fsp3) is 0.533. The molecule has 0 radical (unpaired) electrons. The Kier molecular flexibility index (Phi) is 5.26. The van der Waals surface area contributed by atoms with Gasteiger partial charge in [-0.1, -0.05) is 18.5 Å². The standard InChI is InChI=1S/C15H20ClNO3/c1-3-17(7-6-15(18)19-2)10-13-9-11-8-12(16)4-5-14(11)20-13/h4-5,8,13H,3,6-7,9-10H2,1-2H3. The molecule has 0 fully saturated rings. The Hall–Kier alpha value is -1.26. The highest BCUT2D eigenvalue weighted by Crippen LogP contribution is 2.31. The Bertz CT molecular complexity index is 478. The summed E-state index contributed by atoms with van der Waals surface area (Å²) in [5.41, 5.74) is 1.16. The SMILES string of the molecule is CCN(CCC(=O)OC)CC1Cc2cc(Cl)ccc2O1. The highest BCUT2D eigenvalue weighted by atomic mass is 35.5. The molecule has 2 rings (SSSR count). The van der Waals surface area contributed by atoms with Crippen molar-refractivity contribution >= 4 is 17.6 Å². The smallest absolute Gasteiger partial charge is 0.306 e. The van der Waals surface area contributed by atoms with Gasteiger partial charge in [-0.25, -0.2) is 0 Å². The number of fused-ring (bicyclic) bond motifs is 1. The molecule has 1 aliphatic rings. The molecular formula is C15H20ClNO3. The van der Waals surface area contributed by atoms with Crippen LogP contribution in [0.4, 0.5) is 0 Å². The van der Waals surface area contributed by atoms with E-state index in [0.717, 1.165) is 35.8 Å². The summed E-state index contributed by atoms with van der Waals surface area (Å²) in [5, 5.41) is 0.742. The van der Waals surface area contributed by atoms with Crippen LogP contribution in [0, 0.1) is 0 Å². The molecule has 1 aromatic carbocycles. The van der Waals surface area contributed by atoms with Crippen LogP contribution in [0.5, 0.6) is 5.75 Å². The first-order chi connectivity index (χ1) is 9.62. The monoisotopic (exact) mass is 297 g/mol. The molecule has 5 heteroatoms. The number of carbonyl (C=O) groups excluding carboxylic acids is 1. The van der Waals surface area contributed by atoms with Crippen LogP contribution in [0.3, 0.4) is 0 Å². The molecule has 1 atom stereocenters. The molecule has 0 bridgehead atoms. The van der Waals surface area contributed by atoms with Crippen LogP contribution in [0.15, 0.2) is 18.2 Å². The molecule has 110 valence electrons. The van der Waals surface area contributed by atoms with Crippen molar-refractivity contribution in [2.75, 3.05) is 26.7 Å². The summed E-state index contributed by atoms with van der Waals surface area (Å²) in [6, 6.07) is 5.72.